The van der Waals surface area contributed by atoms with Crippen LogP contribution in [0, 0.1) is 11.8 Å². The van der Waals surface area contributed by atoms with Crippen LogP contribution in [0.1, 0.15) is 44.9 Å². The lowest BCUT2D eigenvalue weighted by molar-refractivity contribution is -0.150. The van der Waals surface area contributed by atoms with E-state index in [0.717, 1.165) is 58.2 Å². The van der Waals surface area contributed by atoms with Gasteiger partial charge in [0, 0.05) is 46.1 Å². The number of nitrogens with zero attached hydrogens (tertiary/aromatic N) is 2. The smallest absolute Gasteiger partial charge is 0.225 e. The van der Waals surface area contributed by atoms with Gasteiger partial charge < -0.3 is 14.5 Å². The van der Waals surface area contributed by atoms with Crippen molar-refractivity contribution in [2.75, 3.05) is 33.8 Å². The number of piperidine rings is 1. The molecule has 0 aromatic heterocycles. The first-order chi connectivity index (χ1) is 10.5. The highest BCUT2D eigenvalue weighted by Gasteiger charge is 2.43. The second kappa shape index (κ2) is 6.19. The van der Waals surface area contributed by atoms with Gasteiger partial charge in [-0.15, -0.1) is 0 Å². The Kier molecular flexibility index (Phi) is 4.44. The largest absolute Gasteiger partial charge is 0.375 e. The second-order valence-electron chi connectivity index (χ2n) is 7.48. The van der Waals surface area contributed by atoms with E-state index in [2.05, 4.69) is 0 Å². The number of carbonyl (C=O) groups is 2. The molecule has 3 rings (SSSR count). The fourth-order valence-electron chi connectivity index (χ4n) is 3.80. The van der Waals surface area contributed by atoms with E-state index in [1.165, 1.54) is 0 Å². The Hall–Kier alpha value is -1.10. The summed E-state index contributed by atoms with van der Waals surface area (Å²) in [5.74, 6) is 1.30. The van der Waals surface area contributed by atoms with E-state index in [1.807, 2.05) is 19.0 Å². The number of ether oxygens (including phenoxy) is 1. The molecule has 0 N–H and O–H groups in total. The van der Waals surface area contributed by atoms with Gasteiger partial charge >= 0.3 is 0 Å². The Labute approximate surface area is 133 Å². The number of likely N-dealkylation sites (tertiary alicyclic amines) is 1. The van der Waals surface area contributed by atoms with Gasteiger partial charge in [-0.05, 0) is 44.4 Å². The zero-order chi connectivity index (χ0) is 15.7. The molecule has 22 heavy (non-hydrogen) atoms. The molecule has 124 valence electrons. The van der Waals surface area contributed by atoms with Crippen molar-refractivity contribution in [1.82, 2.24) is 9.80 Å². The molecule has 5 nitrogen and oxygen atoms in total. The van der Waals surface area contributed by atoms with Crippen molar-refractivity contribution in [3.05, 3.63) is 0 Å². The maximum absolute atomic E-state index is 12.2. The monoisotopic (exact) mass is 308 g/mol. The van der Waals surface area contributed by atoms with Crippen LogP contribution in [0.15, 0.2) is 0 Å². The Morgan fingerprint density at radius 1 is 1.18 bits per heavy atom. The molecule has 0 aromatic rings. The van der Waals surface area contributed by atoms with Crippen LogP contribution in [0.3, 0.4) is 0 Å². The van der Waals surface area contributed by atoms with Gasteiger partial charge in [-0.2, -0.15) is 0 Å². The van der Waals surface area contributed by atoms with Crippen LogP contribution in [0.5, 0.6) is 0 Å². The summed E-state index contributed by atoms with van der Waals surface area (Å²) in [6, 6.07) is 0. The Morgan fingerprint density at radius 3 is 2.45 bits per heavy atom. The fraction of sp³-hybridized carbons (Fsp3) is 0.882. The van der Waals surface area contributed by atoms with Crippen LogP contribution in [0.2, 0.25) is 0 Å². The maximum Gasteiger partial charge on any atom is 0.225 e. The fourth-order valence-corrected chi connectivity index (χ4v) is 3.80. The third-order valence-electron chi connectivity index (χ3n) is 5.47. The second-order valence-corrected chi connectivity index (χ2v) is 7.48. The summed E-state index contributed by atoms with van der Waals surface area (Å²) in [6.45, 7) is 2.40. The molecule has 2 aliphatic heterocycles. The minimum absolute atomic E-state index is 0.0875. The van der Waals surface area contributed by atoms with E-state index in [-0.39, 0.29) is 11.5 Å². The molecule has 1 atom stereocenters. The molecule has 3 fully saturated rings. The quantitative estimate of drug-likeness (QED) is 0.797. The van der Waals surface area contributed by atoms with Crippen molar-refractivity contribution >= 4 is 11.8 Å². The van der Waals surface area contributed by atoms with Crippen molar-refractivity contribution in [3.8, 4) is 0 Å². The molecule has 5 heteroatoms. The van der Waals surface area contributed by atoms with Crippen LogP contribution in [-0.4, -0.2) is 61.0 Å². The summed E-state index contributed by atoms with van der Waals surface area (Å²) in [4.78, 5) is 27.8. The van der Waals surface area contributed by atoms with Crippen molar-refractivity contribution in [2.45, 2.75) is 50.5 Å². The molecule has 2 amide bonds. The highest BCUT2D eigenvalue weighted by Crippen LogP contribution is 2.40. The number of hydrogen-bond acceptors (Lipinski definition) is 3. The Bertz CT molecular complexity index is 437. The van der Waals surface area contributed by atoms with E-state index < -0.39 is 0 Å². The van der Waals surface area contributed by atoms with E-state index in [0.29, 0.717) is 24.2 Å². The highest BCUT2D eigenvalue weighted by atomic mass is 16.5. The summed E-state index contributed by atoms with van der Waals surface area (Å²) in [7, 11) is 3.64. The van der Waals surface area contributed by atoms with E-state index in [1.54, 1.807) is 4.90 Å². The van der Waals surface area contributed by atoms with Gasteiger partial charge in [-0.25, -0.2) is 0 Å². The normalized spacial score (nSPS) is 27.7. The van der Waals surface area contributed by atoms with Crippen LogP contribution in [0.25, 0.3) is 0 Å². The molecular formula is C17H28N2O3. The molecular weight excluding hydrogens is 280 g/mol. The summed E-state index contributed by atoms with van der Waals surface area (Å²) in [5, 5.41) is 0. The van der Waals surface area contributed by atoms with Gasteiger partial charge in [0.2, 0.25) is 11.8 Å². The SMILES string of the molecule is CN(C)C(=O)CC1CCOC2(CCN(C(=O)C3CC3)CC2)C1. The molecule has 2 heterocycles. The Morgan fingerprint density at radius 2 is 1.86 bits per heavy atom. The minimum Gasteiger partial charge on any atom is -0.375 e. The van der Waals surface area contributed by atoms with E-state index in [4.69, 9.17) is 4.74 Å². The molecule has 3 aliphatic rings. The maximum atomic E-state index is 12.2. The highest BCUT2D eigenvalue weighted by molar-refractivity contribution is 5.81. The van der Waals surface area contributed by atoms with Crippen molar-refractivity contribution < 1.29 is 14.3 Å². The van der Waals surface area contributed by atoms with E-state index in [9.17, 15) is 9.59 Å². The standard InChI is InChI=1S/C17H28N2O3/c1-18(2)15(20)11-13-5-10-22-17(12-13)6-8-19(9-7-17)16(21)14-3-4-14/h13-14H,3-12H2,1-2H3. The lowest BCUT2D eigenvalue weighted by Crippen LogP contribution is -2.51. The molecule has 1 aliphatic carbocycles. The zero-order valence-electron chi connectivity index (χ0n) is 13.8. The summed E-state index contributed by atoms with van der Waals surface area (Å²) in [5.41, 5.74) is -0.0875. The van der Waals surface area contributed by atoms with Gasteiger partial charge in [0.15, 0.2) is 0 Å². The number of hydrogen-bond donors (Lipinski definition) is 0. The van der Waals surface area contributed by atoms with Crippen LogP contribution < -0.4 is 0 Å². The Balaban J connectivity index is 1.53. The molecule has 0 radical (unpaired) electrons. The van der Waals surface area contributed by atoms with Gasteiger partial charge in [-0.1, -0.05) is 0 Å². The van der Waals surface area contributed by atoms with Gasteiger partial charge in [-0.3, -0.25) is 9.59 Å². The average molecular weight is 308 g/mol. The summed E-state index contributed by atoms with van der Waals surface area (Å²) >= 11 is 0. The van der Waals surface area contributed by atoms with Crippen LogP contribution in [-0.2, 0) is 14.3 Å². The number of amides is 2. The van der Waals surface area contributed by atoms with Crippen LogP contribution in [0.4, 0.5) is 0 Å². The minimum atomic E-state index is -0.0875. The van der Waals surface area contributed by atoms with Crippen molar-refractivity contribution in [2.24, 2.45) is 11.8 Å². The molecule has 1 spiro atoms. The first-order valence-electron chi connectivity index (χ1n) is 8.62. The summed E-state index contributed by atoms with van der Waals surface area (Å²) < 4.78 is 6.12. The third kappa shape index (κ3) is 3.45. The molecule has 0 bridgehead atoms. The van der Waals surface area contributed by atoms with Gasteiger partial charge in [0.05, 0.1) is 5.60 Å². The van der Waals surface area contributed by atoms with Crippen molar-refractivity contribution in [3.63, 3.8) is 0 Å². The molecule has 2 saturated heterocycles. The third-order valence-corrected chi connectivity index (χ3v) is 5.47. The van der Waals surface area contributed by atoms with Gasteiger partial charge in [0.25, 0.3) is 0 Å². The zero-order valence-corrected chi connectivity index (χ0v) is 13.8. The molecule has 1 unspecified atom stereocenters. The number of rotatable bonds is 3. The average Bonchev–Trinajstić information content (AvgIpc) is 3.32. The lowest BCUT2D eigenvalue weighted by atomic mass is 9.78. The number of carbonyl (C=O) groups excluding carboxylic acids is 2. The van der Waals surface area contributed by atoms with Gasteiger partial charge in [0.1, 0.15) is 0 Å². The molecule has 1 saturated carbocycles. The molecule has 0 aromatic carbocycles. The van der Waals surface area contributed by atoms with Crippen molar-refractivity contribution in [1.29, 1.82) is 0 Å². The first kappa shape index (κ1) is 15.8. The predicted octanol–water partition coefficient (Wildman–Crippen LogP) is 1.66. The topological polar surface area (TPSA) is 49.9 Å². The first-order valence-corrected chi connectivity index (χ1v) is 8.62. The lowest BCUT2D eigenvalue weighted by Gasteiger charge is -2.46. The summed E-state index contributed by atoms with van der Waals surface area (Å²) in [6.07, 6.45) is 6.58. The predicted molar refractivity (Wildman–Crippen MR) is 83.3 cm³/mol. The van der Waals surface area contributed by atoms with Crippen LogP contribution >= 0.6 is 0 Å². The van der Waals surface area contributed by atoms with E-state index >= 15 is 0 Å².